The molecule has 1 heterocycles. The highest BCUT2D eigenvalue weighted by Crippen LogP contribution is 2.10. The molecule has 0 radical (unpaired) electrons. The van der Waals surface area contributed by atoms with Crippen molar-refractivity contribution in [2.75, 3.05) is 20.1 Å². The van der Waals surface area contributed by atoms with Crippen molar-refractivity contribution in [2.24, 2.45) is 4.99 Å². The van der Waals surface area contributed by atoms with E-state index in [1.165, 1.54) is 5.56 Å². The molecule has 0 unspecified atom stereocenters. The molecular formula is C17H23ClN4. The largest absolute Gasteiger partial charge is 0.356 e. The summed E-state index contributed by atoms with van der Waals surface area (Å²) in [4.78, 5) is 4.23. The molecule has 0 saturated carbocycles. The molecule has 1 aromatic carbocycles. The summed E-state index contributed by atoms with van der Waals surface area (Å²) in [7, 11) is 1.80. The standard InChI is InChI=1S/C17H23ClN4/c1-19-17(21-11-14-22-12-2-3-13-22)20-10-4-5-15-6-8-16(18)9-7-15/h2-3,6-9,12-13H,4-5,10-11,14H2,1H3,(H2,19,20,21). The zero-order valence-corrected chi connectivity index (χ0v) is 13.7. The third kappa shape index (κ3) is 5.82. The Balaban J connectivity index is 1.60. The Morgan fingerprint density at radius 2 is 1.77 bits per heavy atom. The SMILES string of the molecule is CN=C(NCCCc1ccc(Cl)cc1)NCCn1cccc1. The Bertz CT molecular complexity index is 561. The summed E-state index contributed by atoms with van der Waals surface area (Å²) in [6, 6.07) is 12.1. The molecule has 0 saturated heterocycles. The van der Waals surface area contributed by atoms with Crippen LogP contribution in [0.4, 0.5) is 0 Å². The summed E-state index contributed by atoms with van der Waals surface area (Å²) in [6.07, 6.45) is 6.21. The Morgan fingerprint density at radius 3 is 2.45 bits per heavy atom. The molecule has 5 heteroatoms. The van der Waals surface area contributed by atoms with Crippen molar-refractivity contribution in [1.29, 1.82) is 0 Å². The first kappa shape index (κ1) is 16.4. The van der Waals surface area contributed by atoms with E-state index in [1.807, 2.05) is 24.3 Å². The molecular weight excluding hydrogens is 296 g/mol. The fourth-order valence-corrected chi connectivity index (χ4v) is 2.32. The molecule has 2 aromatic rings. The fraction of sp³-hybridized carbons (Fsp3) is 0.353. The topological polar surface area (TPSA) is 41.4 Å². The van der Waals surface area contributed by atoms with Gasteiger partial charge in [-0.25, -0.2) is 0 Å². The summed E-state index contributed by atoms with van der Waals surface area (Å²) < 4.78 is 2.14. The predicted octanol–water partition coefficient (Wildman–Crippen LogP) is 2.94. The molecule has 118 valence electrons. The normalized spacial score (nSPS) is 11.5. The van der Waals surface area contributed by atoms with E-state index in [0.29, 0.717) is 0 Å². The van der Waals surface area contributed by atoms with Gasteiger partial charge in [-0.2, -0.15) is 0 Å². The maximum Gasteiger partial charge on any atom is 0.191 e. The smallest absolute Gasteiger partial charge is 0.191 e. The van der Waals surface area contributed by atoms with E-state index >= 15 is 0 Å². The molecule has 22 heavy (non-hydrogen) atoms. The van der Waals surface area contributed by atoms with Crippen molar-refractivity contribution in [3.63, 3.8) is 0 Å². The first-order valence-corrected chi connectivity index (χ1v) is 7.95. The highest BCUT2D eigenvalue weighted by atomic mass is 35.5. The number of hydrogen-bond acceptors (Lipinski definition) is 1. The summed E-state index contributed by atoms with van der Waals surface area (Å²) in [6.45, 7) is 2.68. The summed E-state index contributed by atoms with van der Waals surface area (Å²) in [5, 5.41) is 7.44. The number of aryl methyl sites for hydroxylation is 1. The van der Waals surface area contributed by atoms with Gasteiger partial charge in [-0.1, -0.05) is 23.7 Å². The number of nitrogens with one attached hydrogen (secondary N) is 2. The average Bonchev–Trinajstić information content (AvgIpc) is 3.04. The molecule has 0 atom stereocenters. The second-order valence-corrected chi connectivity index (χ2v) is 5.51. The molecule has 2 rings (SSSR count). The van der Waals surface area contributed by atoms with E-state index in [4.69, 9.17) is 11.6 Å². The van der Waals surface area contributed by atoms with Crippen molar-refractivity contribution >= 4 is 17.6 Å². The molecule has 0 aliphatic rings. The summed E-state index contributed by atoms with van der Waals surface area (Å²) in [5.41, 5.74) is 1.31. The van der Waals surface area contributed by atoms with E-state index in [2.05, 4.69) is 44.7 Å². The zero-order chi connectivity index (χ0) is 15.6. The molecule has 0 amide bonds. The maximum atomic E-state index is 5.88. The van der Waals surface area contributed by atoms with Crippen LogP contribution in [0.15, 0.2) is 53.8 Å². The minimum Gasteiger partial charge on any atom is -0.356 e. The van der Waals surface area contributed by atoms with Crippen LogP contribution >= 0.6 is 11.6 Å². The third-order valence-electron chi connectivity index (χ3n) is 3.40. The van der Waals surface area contributed by atoms with E-state index < -0.39 is 0 Å². The van der Waals surface area contributed by atoms with Crippen molar-refractivity contribution in [1.82, 2.24) is 15.2 Å². The van der Waals surface area contributed by atoms with Crippen LogP contribution in [0, 0.1) is 0 Å². The van der Waals surface area contributed by atoms with Crippen molar-refractivity contribution < 1.29 is 0 Å². The van der Waals surface area contributed by atoms with Crippen LogP contribution in [0.2, 0.25) is 5.02 Å². The number of hydrogen-bond donors (Lipinski definition) is 2. The second kappa shape index (κ2) is 9.15. The van der Waals surface area contributed by atoms with E-state index in [9.17, 15) is 0 Å². The van der Waals surface area contributed by atoms with Crippen molar-refractivity contribution in [3.8, 4) is 0 Å². The minimum absolute atomic E-state index is 0.786. The van der Waals surface area contributed by atoms with Gasteiger partial charge < -0.3 is 15.2 Å². The summed E-state index contributed by atoms with van der Waals surface area (Å²) >= 11 is 5.88. The lowest BCUT2D eigenvalue weighted by molar-refractivity contribution is 0.661. The summed E-state index contributed by atoms with van der Waals surface area (Å²) in [5.74, 6) is 0.850. The zero-order valence-electron chi connectivity index (χ0n) is 12.9. The lowest BCUT2D eigenvalue weighted by Crippen LogP contribution is -2.39. The number of halogens is 1. The Hall–Kier alpha value is -1.94. The molecule has 0 bridgehead atoms. The van der Waals surface area contributed by atoms with Gasteiger partial charge in [0.1, 0.15) is 0 Å². The lowest BCUT2D eigenvalue weighted by atomic mass is 10.1. The number of rotatable bonds is 7. The molecule has 0 aliphatic heterocycles. The Kier molecular flexibility index (Phi) is 6.84. The maximum absolute atomic E-state index is 5.88. The molecule has 0 fully saturated rings. The first-order chi connectivity index (χ1) is 10.8. The van der Waals surface area contributed by atoms with Gasteiger partial charge in [0.25, 0.3) is 0 Å². The predicted molar refractivity (Wildman–Crippen MR) is 93.6 cm³/mol. The average molecular weight is 319 g/mol. The van der Waals surface area contributed by atoms with Crippen LogP contribution in [-0.4, -0.2) is 30.7 Å². The first-order valence-electron chi connectivity index (χ1n) is 7.57. The van der Waals surface area contributed by atoms with Gasteiger partial charge in [-0.05, 0) is 42.7 Å². The van der Waals surface area contributed by atoms with Gasteiger partial charge in [0.05, 0.1) is 0 Å². The van der Waals surface area contributed by atoms with Crippen LogP contribution < -0.4 is 10.6 Å². The number of benzene rings is 1. The van der Waals surface area contributed by atoms with Gasteiger partial charge in [0.2, 0.25) is 0 Å². The van der Waals surface area contributed by atoms with Crippen LogP contribution in [0.5, 0.6) is 0 Å². The van der Waals surface area contributed by atoms with Gasteiger partial charge in [-0.15, -0.1) is 0 Å². The fourth-order valence-electron chi connectivity index (χ4n) is 2.19. The quantitative estimate of drug-likeness (QED) is 0.468. The number of guanidine groups is 1. The number of nitrogens with zero attached hydrogens (tertiary/aromatic N) is 2. The van der Waals surface area contributed by atoms with E-state index in [-0.39, 0.29) is 0 Å². The Labute approximate surface area is 137 Å². The molecule has 4 nitrogen and oxygen atoms in total. The van der Waals surface area contributed by atoms with Gasteiger partial charge in [-0.3, -0.25) is 4.99 Å². The number of aromatic nitrogens is 1. The molecule has 0 aliphatic carbocycles. The van der Waals surface area contributed by atoms with E-state index in [0.717, 1.165) is 43.5 Å². The Morgan fingerprint density at radius 1 is 1.09 bits per heavy atom. The minimum atomic E-state index is 0.786. The van der Waals surface area contributed by atoms with Crippen LogP contribution in [0.25, 0.3) is 0 Å². The van der Waals surface area contributed by atoms with Gasteiger partial charge in [0, 0.05) is 44.1 Å². The van der Waals surface area contributed by atoms with Crippen molar-refractivity contribution in [3.05, 3.63) is 59.4 Å². The lowest BCUT2D eigenvalue weighted by Gasteiger charge is -2.12. The van der Waals surface area contributed by atoms with Gasteiger partial charge >= 0.3 is 0 Å². The van der Waals surface area contributed by atoms with Crippen LogP contribution in [0.3, 0.4) is 0 Å². The van der Waals surface area contributed by atoms with E-state index in [1.54, 1.807) is 7.05 Å². The van der Waals surface area contributed by atoms with Crippen molar-refractivity contribution in [2.45, 2.75) is 19.4 Å². The third-order valence-corrected chi connectivity index (χ3v) is 3.65. The molecule has 1 aromatic heterocycles. The highest BCUT2D eigenvalue weighted by Gasteiger charge is 1.98. The van der Waals surface area contributed by atoms with Crippen LogP contribution in [0.1, 0.15) is 12.0 Å². The number of aliphatic imine (C=N–C) groups is 1. The van der Waals surface area contributed by atoms with Crippen LogP contribution in [-0.2, 0) is 13.0 Å². The monoisotopic (exact) mass is 318 g/mol. The van der Waals surface area contributed by atoms with Gasteiger partial charge in [0.15, 0.2) is 5.96 Å². The molecule has 0 spiro atoms. The highest BCUT2D eigenvalue weighted by molar-refractivity contribution is 6.30. The second-order valence-electron chi connectivity index (χ2n) is 5.08. The molecule has 2 N–H and O–H groups in total.